The van der Waals surface area contributed by atoms with E-state index in [-0.39, 0.29) is 35.1 Å². The number of rotatable bonds is 2. The van der Waals surface area contributed by atoms with Crippen LogP contribution in [0.1, 0.15) is 75.0 Å². The minimum Gasteiger partial charge on any atom is -0.483 e. The van der Waals surface area contributed by atoms with Gasteiger partial charge >= 0.3 is 5.97 Å². The van der Waals surface area contributed by atoms with Crippen LogP contribution in [-0.4, -0.2) is 55.7 Å². The van der Waals surface area contributed by atoms with Gasteiger partial charge in [0.1, 0.15) is 5.56 Å². The van der Waals surface area contributed by atoms with E-state index in [4.69, 9.17) is 9.90 Å². The van der Waals surface area contributed by atoms with Crippen LogP contribution in [-0.2, 0) is 22.6 Å². The maximum absolute atomic E-state index is 13.1. The van der Waals surface area contributed by atoms with Crippen molar-refractivity contribution in [1.29, 1.82) is 0 Å². The van der Waals surface area contributed by atoms with Gasteiger partial charge in [0, 0.05) is 43.3 Å². The summed E-state index contributed by atoms with van der Waals surface area (Å²) in [6, 6.07) is -0.0974. The average molecular weight is 421 g/mol. The highest BCUT2D eigenvalue weighted by atomic mass is 16.4. The Kier molecular flexibility index (Phi) is 6.76. The molecule has 30 heavy (non-hydrogen) atoms. The average Bonchev–Trinajstić information content (AvgIpc) is 2.58. The lowest BCUT2D eigenvalue weighted by molar-refractivity contribution is -0.129. The molecule has 1 saturated heterocycles. The Morgan fingerprint density at radius 3 is 2.20 bits per heavy atom. The molecule has 0 radical (unpaired) electrons. The number of carboxylic acids is 1. The summed E-state index contributed by atoms with van der Waals surface area (Å²) in [7, 11) is 0. The van der Waals surface area contributed by atoms with E-state index in [9.17, 15) is 19.5 Å². The minimum atomic E-state index is -1.19. The third-order valence-electron chi connectivity index (χ3n) is 5.65. The molecular formula is C21H31N3O6. The third kappa shape index (κ3) is 5.08. The number of fused-ring (bicyclic) bond motifs is 1. The highest BCUT2D eigenvalue weighted by Crippen LogP contribution is 2.36. The normalized spacial score (nSPS) is 19.8. The number of pyridine rings is 1. The highest BCUT2D eigenvalue weighted by molar-refractivity contribution is 5.89. The van der Waals surface area contributed by atoms with Gasteiger partial charge in [-0.3, -0.25) is 14.4 Å². The van der Waals surface area contributed by atoms with E-state index in [0.29, 0.717) is 25.1 Å². The van der Waals surface area contributed by atoms with Crippen molar-refractivity contribution < 1.29 is 24.6 Å². The Morgan fingerprint density at radius 1 is 1.20 bits per heavy atom. The Hall–Kier alpha value is -2.68. The molecule has 2 aliphatic rings. The predicted molar refractivity (Wildman–Crippen MR) is 111 cm³/mol. The topological polar surface area (TPSA) is 129 Å². The summed E-state index contributed by atoms with van der Waals surface area (Å²) in [6.07, 6.45) is 3.65. The molecule has 9 heteroatoms. The molecule has 3 rings (SSSR count). The summed E-state index contributed by atoms with van der Waals surface area (Å²) < 4.78 is 1.61. The molecule has 166 valence electrons. The molecule has 0 unspecified atom stereocenters. The van der Waals surface area contributed by atoms with E-state index in [1.807, 2.05) is 0 Å². The summed E-state index contributed by atoms with van der Waals surface area (Å²) in [5.41, 5.74) is 0.435. The van der Waals surface area contributed by atoms with Gasteiger partial charge in [-0.05, 0) is 58.1 Å². The second-order valence-electron chi connectivity index (χ2n) is 9.28. The van der Waals surface area contributed by atoms with E-state index in [2.05, 4.69) is 33.0 Å². The van der Waals surface area contributed by atoms with Crippen LogP contribution in [0.3, 0.4) is 0 Å². The SMILES string of the molecule is CC(=O)N1CCc2c(cn(C3CC(C)(C)NC(C)(C)C3)c(=O)c2C(=O)O)C1.O=CO. The van der Waals surface area contributed by atoms with Crippen LogP contribution >= 0.6 is 0 Å². The second kappa shape index (κ2) is 8.59. The van der Waals surface area contributed by atoms with Crippen LogP contribution in [0, 0.1) is 0 Å². The van der Waals surface area contributed by atoms with Gasteiger partial charge in [0.25, 0.3) is 12.0 Å². The first-order chi connectivity index (χ1) is 13.8. The molecular weight excluding hydrogens is 390 g/mol. The summed E-state index contributed by atoms with van der Waals surface area (Å²) >= 11 is 0. The molecule has 1 aromatic heterocycles. The molecule has 0 bridgehead atoms. The Bertz CT molecular complexity index is 887. The number of carbonyl (C=O) groups is 3. The van der Waals surface area contributed by atoms with Crippen molar-refractivity contribution in [2.75, 3.05) is 6.54 Å². The molecule has 0 saturated carbocycles. The van der Waals surface area contributed by atoms with Crippen LogP contribution in [0.15, 0.2) is 11.0 Å². The van der Waals surface area contributed by atoms with Gasteiger partial charge in [0.15, 0.2) is 0 Å². The Balaban J connectivity index is 0.00000101. The molecule has 0 aromatic carbocycles. The lowest BCUT2D eigenvalue weighted by Gasteiger charge is -2.47. The molecule has 1 fully saturated rings. The first-order valence-electron chi connectivity index (χ1n) is 9.95. The van der Waals surface area contributed by atoms with Gasteiger partial charge in [-0.25, -0.2) is 4.79 Å². The molecule has 0 atom stereocenters. The predicted octanol–water partition coefficient (Wildman–Crippen LogP) is 1.63. The summed E-state index contributed by atoms with van der Waals surface area (Å²) in [6.45, 7) is 10.4. The highest BCUT2D eigenvalue weighted by Gasteiger charge is 2.39. The van der Waals surface area contributed by atoms with Gasteiger partial charge in [0.05, 0.1) is 0 Å². The van der Waals surface area contributed by atoms with E-state index in [0.717, 1.165) is 18.4 Å². The number of nitrogens with zero attached hydrogens (tertiary/aromatic N) is 2. The number of carbonyl (C=O) groups excluding carboxylic acids is 1. The van der Waals surface area contributed by atoms with E-state index < -0.39 is 11.5 Å². The van der Waals surface area contributed by atoms with Gasteiger partial charge in [-0.1, -0.05) is 0 Å². The van der Waals surface area contributed by atoms with Crippen molar-refractivity contribution in [2.24, 2.45) is 0 Å². The standard InChI is InChI=1S/C20H29N3O4.CH2O2/c1-12(24)22-7-6-15-13(10-22)11-23(17(25)16(15)18(26)27)14-8-19(2,3)21-20(4,5)9-14;2-1-3/h11,14,21H,6-10H2,1-5H3,(H,26,27);1H,(H,2,3). The molecule has 3 N–H and O–H groups in total. The molecule has 1 aromatic rings. The van der Waals surface area contributed by atoms with Crippen LogP contribution in [0.4, 0.5) is 0 Å². The molecule has 2 aliphatic heterocycles. The van der Waals surface area contributed by atoms with Crippen LogP contribution in [0.25, 0.3) is 0 Å². The maximum Gasteiger partial charge on any atom is 0.341 e. The zero-order valence-corrected chi connectivity index (χ0v) is 18.2. The Labute approximate surface area is 175 Å². The van der Waals surface area contributed by atoms with Crippen molar-refractivity contribution in [3.05, 3.63) is 33.2 Å². The summed E-state index contributed by atoms with van der Waals surface area (Å²) in [5.74, 6) is -1.23. The van der Waals surface area contributed by atoms with Crippen LogP contribution < -0.4 is 10.9 Å². The zero-order valence-electron chi connectivity index (χ0n) is 18.2. The number of aromatic carboxylic acids is 1. The number of hydrogen-bond donors (Lipinski definition) is 3. The smallest absolute Gasteiger partial charge is 0.341 e. The number of aromatic nitrogens is 1. The number of piperidine rings is 1. The molecule has 9 nitrogen and oxygen atoms in total. The quantitative estimate of drug-likeness (QED) is 0.619. The van der Waals surface area contributed by atoms with E-state index >= 15 is 0 Å². The first kappa shape index (κ1) is 23.6. The van der Waals surface area contributed by atoms with Crippen LogP contribution in [0.2, 0.25) is 0 Å². The van der Waals surface area contributed by atoms with Crippen molar-refractivity contribution in [2.45, 2.75) is 77.5 Å². The van der Waals surface area contributed by atoms with Crippen molar-refractivity contribution >= 4 is 18.3 Å². The third-order valence-corrected chi connectivity index (χ3v) is 5.65. The van der Waals surface area contributed by atoms with Crippen molar-refractivity contribution in [3.63, 3.8) is 0 Å². The number of amides is 1. The minimum absolute atomic E-state index is 0.0422. The van der Waals surface area contributed by atoms with Crippen LogP contribution in [0.5, 0.6) is 0 Å². The van der Waals surface area contributed by atoms with Gasteiger partial charge in [0.2, 0.25) is 5.91 Å². The fourth-order valence-electron chi connectivity index (χ4n) is 4.90. The Morgan fingerprint density at radius 2 is 1.73 bits per heavy atom. The molecule has 3 heterocycles. The number of carboxylic acid groups (broad SMARTS) is 2. The van der Waals surface area contributed by atoms with Gasteiger partial charge in [-0.15, -0.1) is 0 Å². The fourth-order valence-corrected chi connectivity index (χ4v) is 4.90. The lowest BCUT2D eigenvalue weighted by Crippen LogP contribution is -2.58. The summed E-state index contributed by atoms with van der Waals surface area (Å²) in [4.78, 5) is 46.8. The van der Waals surface area contributed by atoms with Gasteiger partial charge < -0.3 is 25.0 Å². The van der Waals surface area contributed by atoms with Gasteiger partial charge in [-0.2, -0.15) is 0 Å². The fraction of sp³-hybridized carbons (Fsp3) is 0.619. The van der Waals surface area contributed by atoms with E-state index in [1.54, 1.807) is 15.7 Å². The maximum atomic E-state index is 13.1. The monoisotopic (exact) mass is 421 g/mol. The van der Waals surface area contributed by atoms with Crippen molar-refractivity contribution in [1.82, 2.24) is 14.8 Å². The number of hydrogen-bond acceptors (Lipinski definition) is 5. The molecule has 0 spiro atoms. The lowest BCUT2D eigenvalue weighted by atomic mass is 9.79. The van der Waals surface area contributed by atoms with Crippen molar-refractivity contribution in [3.8, 4) is 0 Å². The van der Waals surface area contributed by atoms with E-state index in [1.165, 1.54) is 6.92 Å². The molecule has 1 amide bonds. The first-order valence-corrected chi connectivity index (χ1v) is 9.95. The number of nitrogens with one attached hydrogen (secondary N) is 1. The summed E-state index contributed by atoms with van der Waals surface area (Å²) in [5, 5.41) is 20.2. The largest absolute Gasteiger partial charge is 0.483 e. The second-order valence-corrected chi connectivity index (χ2v) is 9.28. The zero-order chi connectivity index (χ0) is 22.9. The molecule has 0 aliphatic carbocycles.